The first kappa shape index (κ1) is 13.4. The Kier molecular flexibility index (Phi) is 3.22. The van der Waals surface area contributed by atoms with Crippen LogP contribution in [-0.2, 0) is 0 Å². The molecule has 3 aromatic rings. The van der Waals surface area contributed by atoms with Crippen molar-refractivity contribution in [1.82, 2.24) is 20.0 Å². The van der Waals surface area contributed by atoms with E-state index in [0.29, 0.717) is 6.29 Å². The molecule has 2 aromatic heterocycles. The van der Waals surface area contributed by atoms with Crippen LogP contribution in [0.2, 0.25) is 0 Å². The zero-order valence-electron chi connectivity index (χ0n) is 9.99. The van der Waals surface area contributed by atoms with Crippen LogP contribution in [0.1, 0.15) is 10.5 Å². The molecule has 0 aliphatic heterocycles. The van der Waals surface area contributed by atoms with Crippen molar-refractivity contribution in [3.05, 3.63) is 44.7 Å². The number of aldehydes is 1. The van der Waals surface area contributed by atoms with Crippen molar-refractivity contribution < 1.29 is 18.3 Å². The van der Waals surface area contributed by atoms with Crippen molar-refractivity contribution >= 4 is 22.2 Å². The van der Waals surface area contributed by atoms with Crippen LogP contribution in [0.4, 0.5) is 4.39 Å². The van der Waals surface area contributed by atoms with E-state index in [0.717, 1.165) is 10.6 Å². The van der Waals surface area contributed by atoms with E-state index < -0.39 is 11.6 Å². The van der Waals surface area contributed by atoms with E-state index in [2.05, 4.69) is 40.6 Å². The summed E-state index contributed by atoms with van der Waals surface area (Å²) in [5, 5.41) is 10.4. The molecule has 21 heavy (non-hydrogen) atoms. The highest BCUT2D eigenvalue weighted by Gasteiger charge is 2.22. The molecular weight excluding hydrogens is 351 g/mol. The van der Waals surface area contributed by atoms with E-state index in [-0.39, 0.29) is 27.4 Å². The van der Waals surface area contributed by atoms with Gasteiger partial charge in [0.2, 0.25) is 5.82 Å². The first-order valence-corrected chi connectivity index (χ1v) is 6.23. The zero-order chi connectivity index (χ0) is 15.0. The standard InChI is InChI=1S/C11H4BrFN4O4/c12-6-3-5(1-2-7(6)13)17-10(16-20-11(17)19)9-8(4-18)14-21-15-9/h1-4H. The Morgan fingerprint density at radius 3 is 2.81 bits per heavy atom. The van der Waals surface area contributed by atoms with Gasteiger partial charge < -0.3 is 0 Å². The van der Waals surface area contributed by atoms with Gasteiger partial charge in [0.05, 0.1) is 10.2 Å². The molecule has 0 radical (unpaired) electrons. The minimum absolute atomic E-state index is 0.0590. The molecule has 0 atom stereocenters. The Hall–Kier alpha value is -2.62. The molecule has 8 nitrogen and oxygen atoms in total. The molecule has 0 spiro atoms. The fourth-order valence-corrected chi connectivity index (χ4v) is 2.05. The molecule has 1 aromatic carbocycles. The molecule has 3 rings (SSSR count). The smallest absolute Gasteiger partial charge is 0.296 e. The summed E-state index contributed by atoms with van der Waals surface area (Å²) in [5.41, 5.74) is 0.0684. The Labute approximate surface area is 123 Å². The van der Waals surface area contributed by atoms with Gasteiger partial charge in [-0.1, -0.05) is 5.16 Å². The van der Waals surface area contributed by atoms with Gasteiger partial charge in [-0.3, -0.25) is 9.32 Å². The molecule has 106 valence electrons. The quantitative estimate of drug-likeness (QED) is 0.657. The van der Waals surface area contributed by atoms with Crippen LogP contribution in [0.15, 0.2) is 36.6 Å². The molecular formula is C11H4BrFN4O4. The first-order chi connectivity index (χ1) is 10.1. The normalized spacial score (nSPS) is 10.8. The molecule has 2 heterocycles. The van der Waals surface area contributed by atoms with Gasteiger partial charge in [0.15, 0.2) is 17.7 Å². The van der Waals surface area contributed by atoms with Crippen LogP contribution < -0.4 is 5.76 Å². The van der Waals surface area contributed by atoms with Gasteiger partial charge in [0.25, 0.3) is 0 Å². The predicted molar refractivity (Wildman–Crippen MR) is 68.4 cm³/mol. The summed E-state index contributed by atoms with van der Waals surface area (Å²) >= 11 is 3.01. The number of rotatable bonds is 3. The third kappa shape index (κ3) is 2.18. The Morgan fingerprint density at radius 2 is 2.10 bits per heavy atom. The van der Waals surface area contributed by atoms with Crippen molar-refractivity contribution in [2.24, 2.45) is 0 Å². The van der Waals surface area contributed by atoms with E-state index in [9.17, 15) is 14.0 Å². The second-order valence-corrected chi connectivity index (χ2v) is 4.68. The van der Waals surface area contributed by atoms with Crippen LogP contribution >= 0.6 is 15.9 Å². The maximum atomic E-state index is 13.3. The van der Waals surface area contributed by atoms with Gasteiger partial charge >= 0.3 is 5.76 Å². The summed E-state index contributed by atoms with van der Waals surface area (Å²) < 4.78 is 23.4. The maximum absolute atomic E-state index is 13.3. The van der Waals surface area contributed by atoms with E-state index in [1.807, 2.05) is 0 Å². The van der Waals surface area contributed by atoms with Gasteiger partial charge in [-0.05, 0) is 44.4 Å². The molecule has 10 heteroatoms. The summed E-state index contributed by atoms with van der Waals surface area (Å²) in [6.07, 6.45) is 0.399. The molecule has 0 amide bonds. The number of aromatic nitrogens is 4. The first-order valence-electron chi connectivity index (χ1n) is 5.44. The summed E-state index contributed by atoms with van der Waals surface area (Å²) in [4.78, 5) is 22.6. The lowest BCUT2D eigenvalue weighted by atomic mass is 10.2. The number of benzene rings is 1. The summed E-state index contributed by atoms with van der Waals surface area (Å²) in [7, 11) is 0. The van der Waals surface area contributed by atoms with E-state index in [1.165, 1.54) is 12.1 Å². The Bertz CT molecular complexity index is 884. The number of carbonyl (C=O) groups is 1. The van der Waals surface area contributed by atoms with Crippen LogP contribution in [0.5, 0.6) is 0 Å². The SMILES string of the molecule is O=Cc1nonc1-c1noc(=O)n1-c1ccc(F)c(Br)c1. The molecule has 0 saturated heterocycles. The Balaban J connectivity index is 2.24. The summed E-state index contributed by atoms with van der Waals surface area (Å²) in [6, 6.07) is 3.85. The number of hydrogen-bond acceptors (Lipinski definition) is 7. The maximum Gasteiger partial charge on any atom is 0.446 e. The minimum atomic E-state index is -0.830. The minimum Gasteiger partial charge on any atom is -0.296 e. The van der Waals surface area contributed by atoms with Gasteiger partial charge in [-0.2, -0.15) is 0 Å². The second-order valence-electron chi connectivity index (χ2n) is 3.82. The summed E-state index contributed by atoms with van der Waals surface area (Å²) in [5.74, 6) is -1.41. The van der Waals surface area contributed by atoms with Crippen molar-refractivity contribution in [2.45, 2.75) is 0 Å². The zero-order valence-corrected chi connectivity index (χ0v) is 11.6. The highest BCUT2D eigenvalue weighted by molar-refractivity contribution is 9.10. The second kappa shape index (κ2) is 5.05. The predicted octanol–water partition coefficient (Wildman–Crippen LogP) is 1.59. The average Bonchev–Trinajstić information content (AvgIpc) is 3.07. The summed E-state index contributed by atoms with van der Waals surface area (Å²) in [6.45, 7) is 0. The van der Waals surface area contributed by atoms with Crippen LogP contribution in [-0.4, -0.2) is 26.3 Å². The third-order valence-electron chi connectivity index (χ3n) is 2.60. The molecule has 0 aliphatic carbocycles. The monoisotopic (exact) mass is 354 g/mol. The topological polar surface area (TPSA) is 104 Å². The van der Waals surface area contributed by atoms with E-state index >= 15 is 0 Å². The third-order valence-corrected chi connectivity index (χ3v) is 3.21. The van der Waals surface area contributed by atoms with Crippen LogP contribution in [0, 0.1) is 5.82 Å². The fourth-order valence-electron chi connectivity index (χ4n) is 1.68. The van der Waals surface area contributed by atoms with E-state index in [4.69, 9.17) is 0 Å². The average molecular weight is 355 g/mol. The highest BCUT2D eigenvalue weighted by atomic mass is 79.9. The van der Waals surface area contributed by atoms with Crippen molar-refractivity contribution in [1.29, 1.82) is 0 Å². The lowest BCUT2D eigenvalue weighted by molar-refractivity contribution is 0.111. The molecule has 0 N–H and O–H groups in total. The van der Waals surface area contributed by atoms with E-state index in [1.54, 1.807) is 0 Å². The highest BCUT2D eigenvalue weighted by Crippen LogP contribution is 2.23. The molecule has 0 aliphatic rings. The van der Waals surface area contributed by atoms with Crippen LogP contribution in [0.3, 0.4) is 0 Å². The molecule has 0 unspecified atom stereocenters. The largest absolute Gasteiger partial charge is 0.446 e. The van der Waals surface area contributed by atoms with Gasteiger partial charge in [-0.15, -0.1) is 0 Å². The van der Waals surface area contributed by atoms with Crippen molar-refractivity contribution in [3.8, 4) is 17.2 Å². The molecule has 0 bridgehead atoms. The number of carbonyl (C=O) groups excluding carboxylic acids is 1. The lowest BCUT2D eigenvalue weighted by Gasteiger charge is -2.03. The van der Waals surface area contributed by atoms with Gasteiger partial charge in [-0.25, -0.2) is 18.4 Å². The van der Waals surface area contributed by atoms with Gasteiger partial charge in [0, 0.05) is 0 Å². The number of nitrogens with zero attached hydrogens (tertiary/aromatic N) is 4. The molecule has 0 fully saturated rings. The number of hydrogen-bond donors (Lipinski definition) is 0. The van der Waals surface area contributed by atoms with Gasteiger partial charge in [0.1, 0.15) is 5.82 Å². The van der Waals surface area contributed by atoms with Crippen LogP contribution in [0.25, 0.3) is 17.2 Å². The molecule has 0 saturated carbocycles. The number of halogens is 2. The fraction of sp³-hybridized carbons (Fsp3) is 0. The Morgan fingerprint density at radius 1 is 1.29 bits per heavy atom. The van der Waals surface area contributed by atoms with Crippen molar-refractivity contribution in [2.75, 3.05) is 0 Å². The lowest BCUT2D eigenvalue weighted by Crippen LogP contribution is -2.13. The van der Waals surface area contributed by atoms with Crippen molar-refractivity contribution in [3.63, 3.8) is 0 Å².